The second-order valence-corrected chi connectivity index (χ2v) is 2.92. The highest BCUT2D eigenvalue weighted by molar-refractivity contribution is 5.96. The SMILES string of the molecule is C=CCNC(=O)c1c(C)ncnc1C. The topological polar surface area (TPSA) is 54.9 Å². The summed E-state index contributed by atoms with van der Waals surface area (Å²) < 4.78 is 0. The minimum Gasteiger partial charge on any atom is -0.348 e. The van der Waals surface area contributed by atoms with Crippen LogP contribution in [0.15, 0.2) is 19.0 Å². The maximum Gasteiger partial charge on any atom is 0.255 e. The van der Waals surface area contributed by atoms with Crippen molar-refractivity contribution in [1.82, 2.24) is 15.3 Å². The van der Waals surface area contributed by atoms with Crippen LogP contribution >= 0.6 is 0 Å². The molecule has 0 saturated heterocycles. The molecule has 0 aliphatic carbocycles. The van der Waals surface area contributed by atoms with Gasteiger partial charge in [0.25, 0.3) is 5.91 Å². The Hall–Kier alpha value is -1.71. The van der Waals surface area contributed by atoms with E-state index in [2.05, 4.69) is 21.9 Å². The van der Waals surface area contributed by atoms with Gasteiger partial charge >= 0.3 is 0 Å². The van der Waals surface area contributed by atoms with Gasteiger partial charge in [0.05, 0.1) is 17.0 Å². The van der Waals surface area contributed by atoms with Crippen molar-refractivity contribution in [3.63, 3.8) is 0 Å². The van der Waals surface area contributed by atoms with Gasteiger partial charge in [0.15, 0.2) is 0 Å². The smallest absolute Gasteiger partial charge is 0.255 e. The molecule has 0 aliphatic rings. The van der Waals surface area contributed by atoms with Gasteiger partial charge < -0.3 is 5.32 Å². The van der Waals surface area contributed by atoms with Gasteiger partial charge in [-0.3, -0.25) is 4.79 Å². The van der Waals surface area contributed by atoms with Gasteiger partial charge in [-0.05, 0) is 13.8 Å². The minimum absolute atomic E-state index is 0.152. The summed E-state index contributed by atoms with van der Waals surface area (Å²) in [5.41, 5.74) is 1.94. The van der Waals surface area contributed by atoms with Gasteiger partial charge in [0, 0.05) is 6.54 Å². The van der Waals surface area contributed by atoms with Crippen LogP contribution in [0.5, 0.6) is 0 Å². The zero-order valence-electron chi connectivity index (χ0n) is 8.37. The van der Waals surface area contributed by atoms with Crippen LogP contribution in [0.3, 0.4) is 0 Å². The second kappa shape index (κ2) is 4.50. The summed E-state index contributed by atoms with van der Waals surface area (Å²) in [6.07, 6.45) is 3.08. The molecule has 1 amide bonds. The summed E-state index contributed by atoms with van der Waals surface area (Å²) in [5.74, 6) is -0.152. The van der Waals surface area contributed by atoms with Gasteiger partial charge in [0.1, 0.15) is 6.33 Å². The van der Waals surface area contributed by atoms with Crippen LogP contribution in [-0.2, 0) is 0 Å². The number of aromatic nitrogens is 2. The highest BCUT2D eigenvalue weighted by Crippen LogP contribution is 2.07. The normalized spacial score (nSPS) is 9.57. The van der Waals surface area contributed by atoms with Gasteiger partial charge in [-0.2, -0.15) is 0 Å². The van der Waals surface area contributed by atoms with Crippen molar-refractivity contribution >= 4 is 5.91 Å². The number of carbonyl (C=O) groups excluding carboxylic acids is 1. The van der Waals surface area contributed by atoms with Crippen LogP contribution in [0.4, 0.5) is 0 Å². The van der Waals surface area contributed by atoms with E-state index in [0.717, 1.165) is 0 Å². The monoisotopic (exact) mass is 191 g/mol. The predicted molar refractivity (Wildman–Crippen MR) is 54.0 cm³/mol. The summed E-state index contributed by atoms with van der Waals surface area (Å²) in [7, 11) is 0. The molecule has 0 radical (unpaired) electrons. The average molecular weight is 191 g/mol. The molecule has 14 heavy (non-hydrogen) atoms. The van der Waals surface area contributed by atoms with Crippen molar-refractivity contribution in [1.29, 1.82) is 0 Å². The average Bonchev–Trinajstić information content (AvgIpc) is 2.14. The molecule has 0 aromatic carbocycles. The van der Waals surface area contributed by atoms with Gasteiger partial charge in [-0.15, -0.1) is 6.58 Å². The Balaban J connectivity index is 2.94. The number of carbonyl (C=O) groups is 1. The lowest BCUT2D eigenvalue weighted by Crippen LogP contribution is -2.25. The Kier molecular flexibility index (Phi) is 3.34. The Morgan fingerprint density at radius 1 is 1.50 bits per heavy atom. The molecule has 0 fully saturated rings. The van der Waals surface area contributed by atoms with Crippen LogP contribution in [0.25, 0.3) is 0 Å². The minimum atomic E-state index is -0.152. The third kappa shape index (κ3) is 2.16. The molecule has 4 nitrogen and oxygen atoms in total. The van der Waals surface area contributed by atoms with Crippen molar-refractivity contribution in [3.05, 3.63) is 35.9 Å². The summed E-state index contributed by atoms with van der Waals surface area (Å²) >= 11 is 0. The lowest BCUT2D eigenvalue weighted by molar-refractivity contribution is 0.0956. The fourth-order valence-corrected chi connectivity index (χ4v) is 1.17. The number of hydrogen-bond donors (Lipinski definition) is 1. The molecule has 1 heterocycles. The molecule has 0 atom stereocenters. The Bertz CT molecular complexity index is 340. The number of nitrogens with one attached hydrogen (secondary N) is 1. The number of nitrogens with zero attached hydrogens (tertiary/aromatic N) is 2. The Morgan fingerprint density at radius 2 is 2.07 bits per heavy atom. The lowest BCUT2D eigenvalue weighted by atomic mass is 10.1. The van der Waals surface area contributed by atoms with E-state index in [0.29, 0.717) is 23.5 Å². The van der Waals surface area contributed by atoms with Gasteiger partial charge in [-0.1, -0.05) is 6.08 Å². The second-order valence-electron chi connectivity index (χ2n) is 2.92. The van der Waals surface area contributed by atoms with Crippen molar-refractivity contribution in [2.45, 2.75) is 13.8 Å². The van der Waals surface area contributed by atoms with E-state index in [-0.39, 0.29) is 5.91 Å². The van der Waals surface area contributed by atoms with Crippen molar-refractivity contribution < 1.29 is 4.79 Å². The summed E-state index contributed by atoms with van der Waals surface area (Å²) in [5, 5.41) is 2.69. The molecule has 0 aliphatic heterocycles. The first kappa shape index (κ1) is 10.4. The van der Waals surface area contributed by atoms with Gasteiger partial charge in [0.2, 0.25) is 0 Å². The van der Waals surface area contributed by atoms with E-state index >= 15 is 0 Å². The fourth-order valence-electron chi connectivity index (χ4n) is 1.17. The van der Waals surface area contributed by atoms with E-state index in [1.807, 2.05) is 0 Å². The standard InChI is InChI=1S/C10H13N3O/c1-4-5-11-10(14)9-7(2)12-6-13-8(9)3/h4,6H,1,5H2,2-3H3,(H,11,14). The highest BCUT2D eigenvalue weighted by Gasteiger charge is 2.12. The molecule has 0 spiro atoms. The van der Waals surface area contributed by atoms with E-state index in [1.165, 1.54) is 6.33 Å². The van der Waals surface area contributed by atoms with Crippen LogP contribution in [0, 0.1) is 13.8 Å². The number of amides is 1. The quantitative estimate of drug-likeness (QED) is 0.725. The number of rotatable bonds is 3. The third-order valence-corrected chi connectivity index (χ3v) is 1.86. The highest BCUT2D eigenvalue weighted by atomic mass is 16.1. The lowest BCUT2D eigenvalue weighted by Gasteiger charge is -2.06. The molecule has 1 aromatic rings. The van der Waals surface area contributed by atoms with Crippen LogP contribution in [-0.4, -0.2) is 22.4 Å². The first-order chi connectivity index (χ1) is 6.66. The Morgan fingerprint density at radius 3 is 2.57 bits per heavy atom. The summed E-state index contributed by atoms with van der Waals surface area (Å²) in [4.78, 5) is 19.5. The maximum absolute atomic E-state index is 11.6. The molecule has 0 unspecified atom stereocenters. The van der Waals surface area contributed by atoms with Crippen molar-refractivity contribution in [2.24, 2.45) is 0 Å². The van der Waals surface area contributed by atoms with Crippen LogP contribution in [0.1, 0.15) is 21.7 Å². The maximum atomic E-state index is 11.6. The zero-order valence-corrected chi connectivity index (χ0v) is 8.37. The van der Waals surface area contributed by atoms with E-state index < -0.39 is 0 Å². The Labute approximate surface area is 83.1 Å². The third-order valence-electron chi connectivity index (χ3n) is 1.86. The summed E-state index contributed by atoms with van der Waals surface area (Å²) in [6, 6.07) is 0. The number of aryl methyl sites for hydroxylation is 2. The van der Waals surface area contributed by atoms with E-state index in [1.54, 1.807) is 19.9 Å². The zero-order chi connectivity index (χ0) is 10.6. The van der Waals surface area contributed by atoms with Crippen molar-refractivity contribution in [3.8, 4) is 0 Å². The van der Waals surface area contributed by atoms with E-state index in [4.69, 9.17) is 0 Å². The molecule has 1 rings (SSSR count). The predicted octanol–water partition coefficient (Wildman–Crippen LogP) is 1.01. The van der Waals surface area contributed by atoms with Crippen LogP contribution < -0.4 is 5.32 Å². The fraction of sp³-hybridized carbons (Fsp3) is 0.300. The molecule has 0 bridgehead atoms. The largest absolute Gasteiger partial charge is 0.348 e. The van der Waals surface area contributed by atoms with Crippen molar-refractivity contribution in [2.75, 3.05) is 6.54 Å². The molecule has 0 saturated carbocycles. The first-order valence-corrected chi connectivity index (χ1v) is 4.34. The van der Waals surface area contributed by atoms with Crippen LogP contribution in [0.2, 0.25) is 0 Å². The number of hydrogen-bond acceptors (Lipinski definition) is 3. The van der Waals surface area contributed by atoms with E-state index in [9.17, 15) is 4.79 Å². The molecular weight excluding hydrogens is 178 g/mol. The molecule has 74 valence electrons. The molecular formula is C10H13N3O. The first-order valence-electron chi connectivity index (χ1n) is 4.34. The molecule has 4 heteroatoms. The summed E-state index contributed by atoms with van der Waals surface area (Å²) in [6.45, 7) is 7.55. The molecule has 1 aromatic heterocycles. The van der Waals surface area contributed by atoms with Gasteiger partial charge in [-0.25, -0.2) is 9.97 Å². The molecule has 1 N–H and O–H groups in total.